The van der Waals surface area contributed by atoms with Crippen LogP contribution in [0, 0.1) is 11.6 Å². The van der Waals surface area contributed by atoms with Crippen LogP contribution in [-0.2, 0) is 4.79 Å². The predicted octanol–water partition coefficient (Wildman–Crippen LogP) is 5.39. The molecule has 0 unspecified atom stereocenters. The van der Waals surface area contributed by atoms with Gasteiger partial charge in [0.25, 0.3) is 5.91 Å². The lowest BCUT2D eigenvalue weighted by Gasteiger charge is -2.34. The van der Waals surface area contributed by atoms with Gasteiger partial charge < -0.3 is 36.2 Å². The first-order valence-corrected chi connectivity index (χ1v) is 16.9. The number of aromatic amines is 1. The molecule has 1 saturated heterocycles. The number of nitrogen functional groups attached to an aromatic ring is 1. The van der Waals surface area contributed by atoms with Crippen LogP contribution in [0.25, 0.3) is 27.6 Å². The first-order valence-electron chi connectivity index (χ1n) is 16.9. The second-order valence-corrected chi connectivity index (χ2v) is 13.2. The number of halogens is 2. The number of aromatic nitrogens is 1. The van der Waals surface area contributed by atoms with Gasteiger partial charge in [0.15, 0.2) is 5.82 Å². The highest BCUT2D eigenvalue weighted by Gasteiger charge is 2.26. The van der Waals surface area contributed by atoms with Gasteiger partial charge in [0.2, 0.25) is 5.91 Å². The molecule has 0 radical (unpaired) electrons. The van der Waals surface area contributed by atoms with Crippen LogP contribution in [0.2, 0.25) is 0 Å². The number of hydrogen-bond donors (Lipinski definition) is 4. The number of benzene rings is 3. The van der Waals surface area contributed by atoms with E-state index in [0.717, 1.165) is 37.1 Å². The molecule has 3 aromatic carbocycles. The van der Waals surface area contributed by atoms with Gasteiger partial charge in [0.1, 0.15) is 11.5 Å². The number of nitrogens with zero attached hydrogens (tertiary/aromatic N) is 4. The fourth-order valence-electron chi connectivity index (χ4n) is 6.98. The van der Waals surface area contributed by atoms with Gasteiger partial charge in [-0.2, -0.15) is 0 Å². The Labute approximate surface area is 290 Å². The second kappa shape index (κ2) is 14.6. The number of carbonyl (C=O) groups is 2. The molecule has 3 heterocycles. The number of anilines is 2. The fourth-order valence-corrected chi connectivity index (χ4v) is 6.98. The van der Waals surface area contributed by atoms with Crippen molar-refractivity contribution in [2.75, 3.05) is 57.5 Å². The zero-order chi connectivity index (χ0) is 35.5. The molecule has 262 valence electrons. The van der Waals surface area contributed by atoms with Crippen molar-refractivity contribution >= 4 is 39.7 Å². The average molecular weight is 683 g/mol. The highest BCUT2D eigenvalue weighted by Crippen LogP contribution is 2.38. The van der Waals surface area contributed by atoms with Gasteiger partial charge in [0.05, 0.1) is 11.2 Å². The van der Waals surface area contributed by atoms with E-state index in [1.807, 2.05) is 24.3 Å². The minimum atomic E-state index is -0.468. The van der Waals surface area contributed by atoms with Crippen LogP contribution in [-0.4, -0.2) is 78.4 Å². The third-order valence-electron chi connectivity index (χ3n) is 9.70. The summed E-state index contributed by atoms with van der Waals surface area (Å²) < 4.78 is 31.0. The average Bonchev–Trinajstić information content (AvgIpc) is 3.57. The minimum absolute atomic E-state index is 0.0862. The maximum Gasteiger partial charge on any atom is 0.269 e. The van der Waals surface area contributed by atoms with E-state index in [-0.39, 0.29) is 41.8 Å². The summed E-state index contributed by atoms with van der Waals surface area (Å²) in [6.07, 6.45) is 7.30. The monoisotopic (exact) mass is 682 g/mol. The zero-order valence-electron chi connectivity index (χ0n) is 28.5. The molecule has 2 aliphatic heterocycles. The van der Waals surface area contributed by atoms with Gasteiger partial charge in [-0.05, 0) is 77.8 Å². The molecule has 50 heavy (non-hydrogen) atoms. The van der Waals surface area contributed by atoms with Crippen molar-refractivity contribution in [1.82, 2.24) is 19.8 Å². The molecule has 1 aromatic heterocycles. The van der Waals surface area contributed by atoms with Gasteiger partial charge in [-0.15, -0.1) is 0 Å². The van der Waals surface area contributed by atoms with E-state index in [1.54, 1.807) is 37.2 Å². The molecular weight excluding hydrogens is 638 g/mol. The maximum atomic E-state index is 16.4. The summed E-state index contributed by atoms with van der Waals surface area (Å²) in [6.45, 7) is 2.53. The van der Waals surface area contributed by atoms with Crippen LogP contribution >= 0.6 is 0 Å². The topological polar surface area (TPSA) is 141 Å². The van der Waals surface area contributed by atoms with Crippen LogP contribution < -0.4 is 22.2 Å². The summed E-state index contributed by atoms with van der Waals surface area (Å²) in [5.74, 6) is 5.03. The van der Waals surface area contributed by atoms with Crippen molar-refractivity contribution in [3.8, 4) is 11.1 Å². The summed E-state index contributed by atoms with van der Waals surface area (Å²) >= 11 is 0. The van der Waals surface area contributed by atoms with E-state index < -0.39 is 5.82 Å². The van der Waals surface area contributed by atoms with Gasteiger partial charge in [0, 0.05) is 82.3 Å². The highest BCUT2D eigenvalue weighted by molar-refractivity contribution is 6.04. The largest absolute Gasteiger partial charge is 0.403 e. The van der Waals surface area contributed by atoms with Crippen LogP contribution in [0.5, 0.6) is 0 Å². The Bertz CT molecular complexity index is 1940. The molecule has 0 aliphatic carbocycles. The van der Waals surface area contributed by atoms with E-state index in [2.05, 4.69) is 22.0 Å². The second-order valence-electron chi connectivity index (χ2n) is 13.2. The van der Waals surface area contributed by atoms with E-state index in [9.17, 15) is 14.0 Å². The van der Waals surface area contributed by atoms with Gasteiger partial charge in [-0.25, -0.2) is 14.6 Å². The van der Waals surface area contributed by atoms with Crippen molar-refractivity contribution in [2.24, 2.45) is 11.6 Å². The van der Waals surface area contributed by atoms with Crippen LogP contribution in [0.1, 0.15) is 53.2 Å². The quantitative estimate of drug-likeness (QED) is 0.105. The lowest BCUT2D eigenvalue weighted by molar-refractivity contribution is -0.130. The minimum Gasteiger partial charge on any atom is -0.403 e. The number of carbonyl (C=O) groups excluding carboxylic acids is 2. The number of hydrazine groups is 1. The number of amides is 2. The molecule has 0 bridgehead atoms. The third-order valence-corrected chi connectivity index (χ3v) is 9.70. The predicted molar refractivity (Wildman–Crippen MR) is 195 cm³/mol. The van der Waals surface area contributed by atoms with E-state index in [0.29, 0.717) is 53.3 Å². The summed E-state index contributed by atoms with van der Waals surface area (Å²) in [5, 5.41) is 1.95. The number of hydrogen-bond acceptors (Lipinski definition) is 7. The number of fused-ring (bicyclic) bond motifs is 1. The SMILES string of the molecule is CN(C)C(=O)c1cc2c(-c3ccc(C4CCN(c5ccc(N)cc5F)CC4)cc3)cc(C3=CCCN(C(=O)CCN(N)/C=C\N)C3)c(F)c2[nH]1. The number of H-pyrrole nitrogens is 1. The maximum absolute atomic E-state index is 16.4. The highest BCUT2D eigenvalue weighted by atomic mass is 19.1. The Morgan fingerprint density at radius 3 is 2.42 bits per heavy atom. The van der Waals surface area contributed by atoms with E-state index >= 15 is 4.39 Å². The molecule has 1 fully saturated rings. The van der Waals surface area contributed by atoms with E-state index in [1.165, 1.54) is 33.9 Å². The molecule has 6 rings (SSSR count). The summed E-state index contributed by atoms with van der Waals surface area (Å²) in [5.41, 5.74) is 16.6. The van der Waals surface area contributed by atoms with E-state index in [4.69, 9.17) is 17.3 Å². The van der Waals surface area contributed by atoms with Crippen molar-refractivity contribution < 1.29 is 18.4 Å². The van der Waals surface area contributed by atoms with Crippen LogP contribution in [0.3, 0.4) is 0 Å². The molecule has 12 heteroatoms. The Hall–Kier alpha value is -5.36. The molecule has 0 atom stereocenters. The standard InChI is InChI=1S/C38H44F2N8O2/c1-45(2)38(50)33-22-31-29(26-7-5-24(6-8-26)25-11-16-46(17-12-25)34-10-9-28(42)20-32(34)39)21-30(36(40)37(31)44-33)27-4-3-15-47(23-27)35(49)13-18-48(43)19-14-41/h4-10,14,19-22,25,44H,3,11-13,15-18,23,41-43H2,1-2H3/b19-14-. The first-order chi connectivity index (χ1) is 24.0. The Morgan fingerprint density at radius 1 is 1.00 bits per heavy atom. The molecule has 2 aliphatic rings. The molecule has 0 spiro atoms. The summed E-state index contributed by atoms with van der Waals surface area (Å²) in [7, 11) is 3.31. The number of nitrogens with one attached hydrogen (secondary N) is 1. The number of nitrogens with two attached hydrogens (primary N) is 3. The van der Waals surface area contributed by atoms with Crippen LogP contribution in [0.15, 0.2) is 73.1 Å². The fraction of sp³-hybridized carbons (Fsp3) is 0.316. The van der Waals surface area contributed by atoms with Crippen LogP contribution in [0.4, 0.5) is 20.2 Å². The Morgan fingerprint density at radius 2 is 1.74 bits per heavy atom. The number of rotatable bonds is 9. The van der Waals surface area contributed by atoms with Crippen molar-refractivity contribution in [2.45, 2.75) is 31.6 Å². The smallest absolute Gasteiger partial charge is 0.269 e. The normalized spacial score (nSPS) is 15.5. The molecule has 0 saturated carbocycles. The molecule has 10 nitrogen and oxygen atoms in total. The van der Waals surface area contributed by atoms with Gasteiger partial charge >= 0.3 is 0 Å². The summed E-state index contributed by atoms with van der Waals surface area (Å²) in [6, 6.07) is 16.7. The Balaban J connectivity index is 1.27. The third kappa shape index (κ3) is 7.16. The molecular formula is C38H44F2N8O2. The van der Waals surface area contributed by atoms with Gasteiger partial charge in [-0.3, -0.25) is 9.59 Å². The van der Waals surface area contributed by atoms with Gasteiger partial charge in [-0.1, -0.05) is 30.3 Å². The van der Waals surface area contributed by atoms with Crippen molar-refractivity contribution in [3.63, 3.8) is 0 Å². The Kier molecular flexibility index (Phi) is 10.1. The molecule has 2 amide bonds. The molecule has 4 aromatic rings. The zero-order valence-corrected chi connectivity index (χ0v) is 28.5. The van der Waals surface area contributed by atoms with Crippen molar-refractivity contribution in [1.29, 1.82) is 0 Å². The first kappa shape index (κ1) is 34.5. The lowest BCUT2D eigenvalue weighted by Crippen LogP contribution is -2.38. The summed E-state index contributed by atoms with van der Waals surface area (Å²) in [4.78, 5) is 34.3. The van der Waals surface area contributed by atoms with Crippen molar-refractivity contribution in [3.05, 3.63) is 102 Å². The lowest BCUT2D eigenvalue weighted by atomic mass is 9.87. The number of piperidine rings is 1. The molecule has 7 N–H and O–H groups in total.